The number of anilines is 1. The van der Waals surface area contributed by atoms with Gasteiger partial charge in [-0.1, -0.05) is 11.3 Å². The first-order valence-corrected chi connectivity index (χ1v) is 7.80. The number of carbonyl (C=O) groups excluding carboxylic acids is 3. The van der Waals surface area contributed by atoms with Gasteiger partial charge in [0.1, 0.15) is 0 Å². The highest BCUT2D eigenvalue weighted by molar-refractivity contribution is 7.17. The third-order valence-electron chi connectivity index (χ3n) is 3.50. The summed E-state index contributed by atoms with van der Waals surface area (Å²) in [4.78, 5) is 41.8. The fraction of sp³-hybridized carbons (Fsp3) is 0.571. The molecule has 1 aliphatic heterocycles. The molecule has 0 saturated carbocycles. The average Bonchev–Trinajstić information content (AvgIpc) is 3.00. The first-order chi connectivity index (χ1) is 10.4. The normalized spacial score (nSPS) is 17.9. The molecule has 1 aromatic heterocycles. The molecule has 1 fully saturated rings. The van der Waals surface area contributed by atoms with Gasteiger partial charge in [0.2, 0.25) is 11.8 Å². The van der Waals surface area contributed by atoms with E-state index in [0.29, 0.717) is 35.4 Å². The van der Waals surface area contributed by atoms with E-state index in [0.717, 1.165) is 11.3 Å². The van der Waals surface area contributed by atoms with Gasteiger partial charge in [-0.05, 0) is 6.92 Å². The minimum atomic E-state index is -0.394. The summed E-state index contributed by atoms with van der Waals surface area (Å²) in [5.41, 5.74) is 0.608. The van der Waals surface area contributed by atoms with Gasteiger partial charge >= 0.3 is 0 Å². The molecule has 0 spiro atoms. The molecule has 0 bridgehead atoms. The number of rotatable bonds is 6. The van der Waals surface area contributed by atoms with Crippen LogP contribution >= 0.6 is 11.3 Å². The van der Waals surface area contributed by atoms with E-state index in [-0.39, 0.29) is 24.0 Å². The maximum Gasteiger partial charge on any atom is 0.231 e. The minimum Gasteiger partial charge on any atom is -0.383 e. The zero-order valence-electron chi connectivity index (χ0n) is 12.8. The van der Waals surface area contributed by atoms with E-state index < -0.39 is 5.92 Å². The first kappa shape index (κ1) is 16.6. The molecule has 1 unspecified atom stereocenters. The summed E-state index contributed by atoms with van der Waals surface area (Å²) in [6, 6.07) is 0. The van der Waals surface area contributed by atoms with Crippen molar-refractivity contribution in [2.75, 3.05) is 32.1 Å². The summed E-state index contributed by atoms with van der Waals surface area (Å²) in [7, 11) is 1.57. The Morgan fingerprint density at radius 2 is 2.23 bits per heavy atom. The zero-order chi connectivity index (χ0) is 16.3. The SMILES string of the molecule is COCCN1CC(C(=O)Nc2nc(C)c(C(C)=O)s2)CC1=O. The van der Waals surface area contributed by atoms with Crippen molar-refractivity contribution in [2.24, 2.45) is 5.92 Å². The number of carbonyl (C=O) groups is 3. The van der Waals surface area contributed by atoms with Gasteiger partial charge in [0.15, 0.2) is 10.9 Å². The minimum absolute atomic E-state index is 0.0445. The van der Waals surface area contributed by atoms with E-state index in [1.54, 1.807) is 18.9 Å². The summed E-state index contributed by atoms with van der Waals surface area (Å²) in [5, 5.41) is 3.10. The lowest BCUT2D eigenvalue weighted by Crippen LogP contribution is -2.30. The quantitative estimate of drug-likeness (QED) is 0.791. The Morgan fingerprint density at radius 1 is 1.50 bits per heavy atom. The van der Waals surface area contributed by atoms with Crippen LogP contribution in [0.25, 0.3) is 0 Å². The number of ether oxygens (including phenoxy) is 1. The van der Waals surface area contributed by atoms with E-state index >= 15 is 0 Å². The lowest BCUT2D eigenvalue weighted by Gasteiger charge is -2.15. The van der Waals surface area contributed by atoms with Gasteiger partial charge in [0, 0.05) is 33.5 Å². The van der Waals surface area contributed by atoms with Crippen molar-refractivity contribution in [3.05, 3.63) is 10.6 Å². The van der Waals surface area contributed by atoms with Crippen molar-refractivity contribution in [1.82, 2.24) is 9.88 Å². The molecule has 22 heavy (non-hydrogen) atoms. The highest BCUT2D eigenvalue weighted by Gasteiger charge is 2.34. The van der Waals surface area contributed by atoms with Crippen LogP contribution in [0.1, 0.15) is 28.7 Å². The van der Waals surface area contributed by atoms with Crippen molar-refractivity contribution in [1.29, 1.82) is 0 Å². The number of nitrogens with zero attached hydrogens (tertiary/aromatic N) is 2. The second-order valence-electron chi connectivity index (χ2n) is 5.21. The molecule has 2 amide bonds. The largest absolute Gasteiger partial charge is 0.383 e. The predicted octanol–water partition coefficient (Wildman–Crippen LogP) is 1.09. The predicted molar refractivity (Wildman–Crippen MR) is 82.0 cm³/mol. The number of nitrogens with one attached hydrogen (secondary N) is 1. The zero-order valence-corrected chi connectivity index (χ0v) is 13.7. The highest BCUT2D eigenvalue weighted by Crippen LogP contribution is 2.25. The van der Waals surface area contributed by atoms with E-state index in [9.17, 15) is 14.4 Å². The summed E-state index contributed by atoms with van der Waals surface area (Å²) >= 11 is 1.16. The number of ketones is 1. The number of amides is 2. The Hall–Kier alpha value is -1.80. The molecule has 1 atom stereocenters. The van der Waals surface area contributed by atoms with E-state index in [1.165, 1.54) is 6.92 Å². The van der Waals surface area contributed by atoms with E-state index in [1.807, 2.05) is 0 Å². The van der Waals surface area contributed by atoms with Crippen LogP contribution in [-0.2, 0) is 14.3 Å². The van der Waals surface area contributed by atoms with Crippen molar-refractivity contribution in [3.8, 4) is 0 Å². The van der Waals surface area contributed by atoms with Crippen molar-refractivity contribution in [3.63, 3.8) is 0 Å². The number of hydrogen-bond acceptors (Lipinski definition) is 6. The van der Waals surface area contributed by atoms with Crippen LogP contribution in [0.15, 0.2) is 0 Å². The lowest BCUT2D eigenvalue weighted by molar-refractivity contribution is -0.128. The van der Waals surface area contributed by atoms with Crippen molar-refractivity contribution >= 4 is 34.1 Å². The molecule has 1 saturated heterocycles. The molecule has 1 aromatic rings. The summed E-state index contributed by atoms with van der Waals surface area (Å²) in [6.45, 7) is 4.53. The molecule has 2 rings (SSSR count). The van der Waals surface area contributed by atoms with Gasteiger partial charge in [-0.3, -0.25) is 14.4 Å². The number of Topliss-reactive ketones (excluding diaryl/α,β-unsaturated/α-hetero) is 1. The number of hydrogen-bond donors (Lipinski definition) is 1. The number of likely N-dealkylation sites (tertiary alicyclic amines) is 1. The van der Waals surface area contributed by atoms with Crippen molar-refractivity contribution in [2.45, 2.75) is 20.3 Å². The third-order valence-corrected chi connectivity index (χ3v) is 4.67. The van der Waals surface area contributed by atoms with Gasteiger partial charge in [-0.15, -0.1) is 0 Å². The van der Waals surface area contributed by atoms with Crippen LogP contribution in [0, 0.1) is 12.8 Å². The number of thiazole rings is 1. The van der Waals surface area contributed by atoms with Crippen LogP contribution in [0.3, 0.4) is 0 Å². The molecule has 2 heterocycles. The Bertz CT molecular complexity index is 599. The second kappa shape index (κ2) is 6.97. The van der Waals surface area contributed by atoms with Gasteiger partial charge in [-0.25, -0.2) is 4.98 Å². The molecule has 8 heteroatoms. The first-order valence-electron chi connectivity index (χ1n) is 6.98. The number of methoxy groups -OCH3 is 1. The van der Waals surface area contributed by atoms with Crippen molar-refractivity contribution < 1.29 is 19.1 Å². The molecule has 0 aliphatic carbocycles. The Kier molecular flexibility index (Phi) is 5.25. The highest BCUT2D eigenvalue weighted by atomic mass is 32.1. The van der Waals surface area contributed by atoms with Gasteiger partial charge in [-0.2, -0.15) is 0 Å². The van der Waals surface area contributed by atoms with Crippen LogP contribution in [-0.4, -0.2) is 54.3 Å². The Balaban J connectivity index is 1.97. The van der Waals surface area contributed by atoms with Crippen LogP contribution < -0.4 is 5.32 Å². The third kappa shape index (κ3) is 3.69. The smallest absolute Gasteiger partial charge is 0.231 e. The van der Waals surface area contributed by atoms with Crippen LogP contribution in [0.5, 0.6) is 0 Å². The summed E-state index contributed by atoms with van der Waals surface area (Å²) < 4.78 is 4.95. The maximum atomic E-state index is 12.2. The molecule has 7 nitrogen and oxygen atoms in total. The monoisotopic (exact) mass is 325 g/mol. The molecule has 0 radical (unpaired) electrons. The summed E-state index contributed by atoms with van der Waals surface area (Å²) in [6.07, 6.45) is 0.194. The maximum absolute atomic E-state index is 12.2. The Morgan fingerprint density at radius 3 is 2.82 bits per heavy atom. The molecule has 0 aromatic carbocycles. The van der Waals surface area contributed by atoms with Crippen LogP contribution in [0.4, 0.5) is 5.13 Å². The average molecular weight is 325 g/mol. The van der Waals surface area contributed by atoms with E-state index in [4.69, 9.17) is 4.74 Å². The van der Waals surface area contributed by atoms with E-state index in [2.05, 4.69) is 10.3 Å². The molecule has 120 valence electrons. The molecular formula is C14H19N3O4S. The second-order valence-corrected chi connectivity index (χ2v) is 6.21. The Labute approximate surface area is 132 Å². The molecule has 1 aliphatic rings. The topological polar surface area (TPSA) is 88.6 Å². The lowest BCUT2D eigenvalue weighted by atomic mass is 10.1. The fourth-order valence-corrected chi connectivity index (χ4v) is 3.21. The standard InChI is InChI=1S/C14H19N3O4S/c1-8-12(9(2)18)22-14(15-8)16-13(20)10-6-11(19)17(7-10)4-5-21-3/h10H,4-7H2,1-3H3,(H,15,16,20). The van der Waals surface area contributed by atoms with Gasteiger partial charge in [0.05, 0.1) is 23.1 Å². The fourth-order valence-electron chi connectivity index (χ4n) is 2.35. The molecule has 1 N–H and O–H groups in total. The number of aromatic nitrogens is 1. The van der Waals surface area contributed by atoms with Gasteiger partial charge < -0.3 is 15.0 Å². The molecular weight excluding hydrogens is 306 g/mol. The number of aryl methyl sites for hydroxylation is 1. The summed E-state index contributed by atoms with van der Waals surface area (Å²) in [5.74, 6) is -0.749. The van der Waals surface area contributed by atoms with Crippen LogP contribution in [0.2, 0.25) is 0 Å². The van der Waals surface area contributed by atoms with Gasteiger partial charge in [0.25, 0.3) is 0 Å².